The Bertz CT molecular complexity index is 1960. The first-order valence-electron chi connectivity index (χ1n) is 12.4. The zero-order chi connectivity index (χ0) is 29.0. The third kappa shape index (κ3) is 4.48. The summed E-state index contributed by atoms with van der Waals surface area (Å²) < 4.78 is 45.0. The molecule has 0 radical (unpaired) electrons. The Morgan fingerprint density at radius 2 is 1.78 bits per heavy atom. The molecule has 0 atom stereocenters. The largest absolute Gasteiger partial charge is 0.477 e. The normalized spacial score (nSPS) is 12.6. The average molecular weight is 559 g/mol. The van der Waals surface area contributed by atoms with Crippen molar-refractivity contribution in [2.45, 2.75) is 13.0 Å². The van der Waals surface area contributed by atoms with Gasteiger partial charge < -0.3 is 26.0 Å². The molecule has 5 N–H and O–H groups in total. The van der Waals surface area contributed by atoms with Gasteiger partial charge in [0.15, 0.2) is 0 Å². The van der Waals surface area contributed by atoms with Crippen LogP contribution in [0.2, 0.25) is 0 Å². The third-order valence-corrected chi connectivity index (χ3v) is 7.15. The number of nitrogens with two attached hydrogens (primary N) is 2. The van der Waals surface area contributed by atoms with Crippen molar-refractivity contribution in [3.05, 3.63) is 105 Å². The molecule has 1 aliphatic heterocycles. The molecule has 0 bridgehead atoms. The number of benzene rings is 3. The average Bonchev–Trinajstić information content (AvgIpc) is 3.32. The van der Waals surface area contributed by atoms with Gasteiger partial charge in [0.2, 0.25) is 11.4 Å². The topological polar surface area (TPSA) is 140 Å². The highest BCUT2D eigenvalue weighted by molar-refractivity contribution is 5.94. The minimum Gasteiger partial charge on any atom is -0.477 e. The van der Waals surface area contributed by atoms with Gasteiger partial charge in [-0.15, -0.1) is 0 Å². The molecule has 0 spiro atoms. The number of anilines is 3. The second-order valence-corrected chi connectivity index (χ2v) is 9.65. The van der Waals surface area contributed by atoms with E-state index in [1.807, 2.05) is 12.1 Å². The van der Waals surface area contributed by atoms with Crippen LogP contribution >= 0.6 is 0 Å². The van der Waals surface area contributed by atoms with Crippen LogP contribution in [0.1, 0.15) is 21.5 Å². The second kappa shape index (κ2) is 9.66. The van der Waals surface area contributed by atoms with Gasteiger partial charge in [-0.3, -0.25) is 4.79 Å². The maximum absolute atomic E-state index is 15.5. The zero-order valence-corrected chi connectivity index (χ0v) is 21.2. The van der Waals surface area contributed by atoms with Crippen molar-refractivity contribution in [3.63, 3.8) is 0 Å². The van der Waals surface area contributed by atoms with Crippen molar-refractivity contribution < 1.29 is 23.1 Å². The number of fused-ring (bicyclic) bond motifs is 2. The van der Waals surface area contributed by atoms with E-state index in [9.17, 15) is 23.5 Å². The summed E-state index contributed by atoms with van der Waals surface area (Å²) in [7, 11) is 0. The molecular weight excluding hydrogens is 537 g/mol. The Morgan fingerprint density at radius 3 is 2.51 bits per heavy atom. The summed E-state index contributed by atoms with van der Waals surface area (Å²) in [6.45, 7) is 1.12. The summed E-state index contributed by atoms with van der Waals surface area (Å²) in [5.74, 6) is -3.77. The van der Waals surface area contributed by atoms with Crippen LogP contribution in [0, 0.1) is 17.5 Å². The number of aromatic nitrogens is 3. The summed E-state index contributed by atoms with van der Waals surface area (Å²) in [5.41, 5.74) is 13.0. The van der Waals surface area contributed by atoms with E-state index in [2.05, 4.69) is 14.9 Å². The van der Waals surface area contributed by atoms with E-state index >= 15 is 4.39 Å². The number of aromatic carboxylic acids is 1. The lowest BCUT2D eigenvalue weighted by atomic mass is 9.98. The molecule has 0 unspecified atom stereocenters. The van der Waals surface area contributed by atoms with E-state index in [-0.39, 0.29) is 33.9 Å². The molecule has 3 aromatic carbocycles. The van der Waals surface area contributed by atoms with Crippen molar-refractivity contribution >= 4 is 34.3 Å². The van der Waals surface area contributed by atoms with E-state index in [0.717, 1.165) is 40.2 Å². The van der Waals surface area contributed by atoms with Gasteiger partial charge in [0.1, 0.15) is 28.8 Å². The Balaban J connectivity index is 1.46. The quantitative estimate of drug-likeness (QED) is 0.290. The summed E-state index contributed by atoms with van der Waals surface area (Å²) in [4.78, 5) is 34.8. The second-order valence-electron chi connectivity index (χ2n) is 9.65. The highest BCUT2D eigenvalue weighted by Crippen LogP contribution is 2.36. The molecule has 9 nitrogen and oxygen atoms in total. The fraction of sp³-hybridized carbons (Fsp3) is 0.103. The molecule has 1 aliphatic rings. The van der Waals surface area contributed by atoms with Crippen LogP contribution in [0.15, 0.2) is 65.7 Å². The predicted molar refractivity (Wildman–Crippen MR) is 147 cm³/mol. The first-order chi connectivity index (χ1) is 19.6. The predicted octanol–water partition coefficient (Wildman–Crippen LogP) is 4.29. The molecule has 206 valence electrons. The molecule has 2 aromatic heterocycles. The van der Waals surface area contributed by atoms with Crippen LogP contribution in [-0.4, -0.2) is 32.2 Å². The van der Waals surface area contributed by atoms with E-state index < -0.39 is 34.4 Å². The Kier molecular flexibility index (Phi) is 6.10. The van der Waals surface area contributed by atoms with E-state index in [4.69, 9.17) is 11.5 Å². The fourth-order valence-corrected chi connectivity index (χ4v) is 5.16. The monoisotopic (exact) mass is 558 g/mol. The Labute approximate surface area is 230 Å². The van der Waals surface area contributed by atoms with Crippen LogP contribution < -0.4 is 21.8 Å². The molecule has 41 heavy (non-hydrogen) atoms. The molecule has 0 fully saturated rings. The Morgan fingerprint density at radius 1 is 1.00 bits per heavy atom. The molecule has 0 saturated heterocycles. The first-order valence-corrected chi connectivity index (χ1v) is 12.4. The molecule has 12 heteroatoms. The number of pyridine rings is 1. The SMILES string of the molecule is Nc1ncc(CN2CCc3cc(-c4cc5c(cc4F)c(=O)c(C(=O)O)cn5-c4ccc(F)cc4F)ccc32)c(N)n1. The molecule has 3 heterocycles. The highest BCUT2D eigenvalue weighted by atomic mass is 19.1. The number of carboxylic acid groups (broad SMARTS) is 1. The summed E-state index contributed by atoms with van der Waals surface area (Å²) in [5, 5.41) is 9.30. The van der Waals surface area contributed by atoms with Gasteiger partial charge in [-0.05, 0) is 53.9 Å². The molecule has 0 amide bonds. The summed E-state index contributed by atoms with van der Waals surface area (Å²) >= 11 is 0. The Hall–Kier alpha value is -5.39. The van der Waals surface area contributed by atoms with Crippen LogP contribution in [0.4, 0.5) is 30.6 Å². The van der Waals surface area contributed by atoms with Gasteiger partial charge in [-0.25, -0.2) is 22.9 Å². The van der Waals surface area contributed by atoms with E-state index in [0.29, 0.717) is 36.7 Å². The lowest BCUT2D eigenvalue weighted by molar-refractivity contribution is 0.0695. The smallest absolute Gasteiger partial charge is 0.341 e. The van der Waals surface area contributed by atoms with Crippen molar-refractivity contribution in [1.29, 1.82) is 0 Å². The van der Waals surface area contributed by atoms with Crippen LogP contribution in [0.25, 0.3) is 27.7 Å². The maximum Gasteiger partial charge on any atom is 0.341 e. The number of nitrogen functional groups attached to an aromatic ring is 2. The molecule has 6 rings (SSSR count). The number of halogens is 3. The summed E-state index contributed by atoms with van der Waals surface area (Å²) in [6, 6.07) is 10.5. The zero-order valence-electron chi connectivity index (χ0n) is 21.2. The van der Waals surface area contributed by atoms with E-state index in [1.165, 1.54) is 6.07 Å². The highest BCUT2D eigenvalue weighted by Gasteiger charge is 2.23. The van der Waals surface area contributed by atoms with Crippen LogP contribution in [-0.2, 0) is 13.0 Å². The van der Waals surface area contributed by atoms with Crippen LogP contribution in [0.5, 0.6) is 0 Å². The maximum atomic E-state index is 15.5. The molecule has 5 aromatic rings. The molecular formula is C29H21F3N6O3. The van der Waals surface area contributed by atoms with Crippen molar-refractivity contribution in [2.24, 2.45) is 0 Å². The number of carbonyl (C=O) groups is 1. The van der Waals surface area contributed by atoms with Gasteiger partial charge in [-0.2, -0.15) is 4.98 Å². The van der Waals surface area contributed by atoms with Crippen molar-refractivity contribution in [1.82, 2.24) is 14.5 Å². The van der Waals surface area contributed by atoms with Crippen molar-refractivity contribution in [3.8, 4) is 16.8 Å². The fourth-order valence-electron chi connectivity index (χ4n) is 5.16. The minimum atomic E-state index is -1.56. The number of nitrogens with zero attached hydrogens (tertiary/aromatic N) is 4. The van der Waals surface area contributed by atoms with Gasteiger partial charge in [0, 0.05) is 53.8 Å². The lowest BCUT2D eigenvalue weighted by Gasteiger charge is -2.20. The number of hydrogen-bond donors (Lipinski definition) is 3. The van der Waals surface area contributed by atoms with Crippen LogP contribution in [0.3, 0.4) is 0 Å². The standard InChI is InChI=1S/C29H21F3N6O3/c30-17-2-4-24(22(32)8-17)38-13-20(28(40)41)26(39)19-9-21(31)18(10-25(19)38)14-1-3-23-15(7-14)5-6-37(23)12-16-11-35-29(34)36-27(16)33/h1-4,7-11,13H,5-6,12H2,(H,40,41)(H4,33,34,35,36). The number of carboxylic acids is 1. The van der Waals surface area contributed by atoms with Crippen molar-refractivity contribution in [2.75, 3.05) is 22.9 Å². The summed E-state index contributed by atoms with van der Waals surface area (Å²) in [6.07, 6.45) is 3.20. The van der Waals surface area contributed by atoms with Gasteiger partial charge >= 0.3 is 5.97 Å². The molecule has 0 aliphatic carbocycles. The van der Waals surface area contributed by atoms with E-state index in [1.54, 1.807) is 12.3 Å². The molecule has 0 saturated carbocycles. The number of rotatable bonds is 5. The van der Waals surface area contributed by atoms with Gasteiger partial charge in [0.25, 0.3) is 0 Å². The minimum absolute atomic E-state index is 0.0582. The van der Waals surface area contributed by atoms with Gasteiger partial charge in [0.05, 0.1) is 11.2 Å². The first kappa shape index (κ1) is 25.9. The number of hydrogen-bond acceptors (Lipinski definition) is 7. The van der Waals surface area contributed by atoms with Gasteiger partial charge in [-0.1, -0.05) is 6.07 Å². The third-order valence-electron chi connectivity index (χ3n) is 7.15. The lowest BCUT2D eigenvalue weighted by Crippen LogP contribution is -2.21.